The van der Waals surface area contributed by atoms with E-state index in [1.165, 1.54) is 16.8 Å². The number of halogens is 1. The van der Waals surface area contributed by atoms with Crippen LogP contribution in [-0.2, 0) is 4.79 Å². The maximum absolute atomic E-state index is 13.1. The highest BCUT2D eigenvalue weighted by Gasteiger charge is 2.09. The van der Waals surface area contributed by atoms with E-state index in [-0.39, 0.29) is 18.3 Å². The third-order valence-corrected chi connectivity index (χ3v) is 3.09. The van der Waals surface area contributed by atoms with Gasteiger partial charge >= 0.3 is 6.03 Å². The van der Waals surface area contributed by atoms with Gasteiger partial charge in [0.2, 0.25) is 5.91 Å². The largest absolute Gasteiger partial charge is 0.351 e. The highest BCUT2D eigenvalue weighted by atomic mass is 19.1. The van der Waals surface area contributed by atoms with Crippen LogP contribution < -0.4 is 16.0 Å². The molecular weight excluding hydrogens is 313 g/mol. The lowest BCUT2D eigenvalue weighted by Crippen LogP contribution is -2.39. The molecule has 0 fully saturated rings. The number of anilines is 1. The molecule has 0 radical (unpaired) electrons. The molecule has 7 nitrogen and oxygen atoms in total. The molecule has 2 aromatic rings. The number of aryl methyl sites for hydroxylation is 1. The zero-order chi connectivity index (χ0) is 17.5. The standard InChI is InChI=1S/C16H18FN5O2/c1-3-7-18-15(23)10-19-16(24)20-14-6-8-22(21-14)13-5-4-12(17)9-11(13)2/h3-6,8-9H,1,7,10H2,2H3,(H,18,23)(H2,19,20,21,24). The van der Waals surface area contributed by atoms with Crippen molar-refractivity contribution >= 4 is 17.8 Å². The van der Waals surface area contributed by atoms with Crippen molar-refractivity contribution in [3.63, 3.8) is 0 Å². The lowest BCUT2D eigenvalue weighted by molar-refractivity contribution is -0.119. The molecule has 3 N–H and O–H groups in total. The molecule has 8 heteroatoms. The molecule has 0 bridgehead atoms. The molecule has 2 rings (SSSR count). The molecular formula is C16H18FN5O2. The Morgan fingerprint density at radius 2 is 2.12 bits per heavy atom. The Labute approximate surface area is 138 Å². The number of amides is 3. The van der Waals surface area contributed by atoms with Crippen LogP contribution >= 0.6 is 0 Å². The molecule has 1 heterocycles. The maximum Gasteiger partial charge on any atom is 0.320 e. The van der Waals surface area contributed by atoms with Crippen LogP contribution in [0, 0.1) is 12.7 Å². The van der Waals surface area contributed by atoms with Crippen LogP contribution in [0.5, 0.6) is 0 Å². The van der Waals surface area contributed by atoms with Gasteiger partial charge in [0.25, 0.3) is 0 Å². The number of nitrogens with one attached hydrogen (secondary N) is 3. The second kappa shape index (κ2) is 7.91. The topological polar surface area (TPSA) is 88.0 Å². The Morgan fingerprint density at radius 1 is 1.33 bits per heavy atom. The van der Waals surface area contributed by atoms with Crippen LogP contribution in [-0.4, -0.2) is 34.8 Å². The van der Waals surface area contributed by atoms with E-state index in [1.807, 2.05) is 0 Å². The first-order chi connectivity index (χ1) is 11.5. The normalized spacial score (nSPS) is 10.1. The van der Waals surface area contributed by atoms with Gasteiger partial charge in [-0.3, -0.25) is 10.1 Å². The lowest BCUT2D eigenvalue weighted by atomic mass is 10.2. The molecule has 1 aromatic heterocycles. The highest BCUT2D eigenvalue weighted by molar-refractivity contribution is 5.91. The number of rotatable bonds is 6. The van der Waals surface area contributed by atoms with Gasteiger partial charge in [0.1, 0.15) is 5.82 Å². The molecule has 0 saturated carbocycles. The van der Waals surface area contributed by atoms with Crippen molar-refractivity contribution in [3.8, 4) is 5.69 Å². The van der Waals surface area contributed by atoms with E-state index in [0.29, 0.717) is 23.6 Å². The average Bonchev–Trinajstić information content (AvgIpc) is 2.99. The van der Waals surface area contributed by atoms with Crippen molar-refractivity contribution < 1.29 is 14.0 Å². The van der Waals surface area contributed by atoms with Crippen LogP contribution in [0.2, 0.25) is 0 Å². The molecule has 0 aliphatic rings. The molecule has 0 spiro atoms. The minimum atomic E-state index is -0.551. The molecule has 24 heavy (non-hydrogen) atoms. The van der Waals surface area contributed by atoms with Crippen LogP contribution in [0.15, 0.2) is 43.1 Å². The first-order valence-electron chi connectivity index (χ1n) is 7.24. The third-order valence-electron chi connectivity index (χ3n) is 3.09. The Bertz CT molecular complexity index is 757. The number of benzene rings is 1. The monoisotopic (exact) mass is 331 g/mol. The molecule has 3 amide bonds. The van der Waals surface area contributed by atoms with Crippen molar-refractivity contribution in [2.45, 2.75) is 6.92 Å². The Balaban J connectivity index is 1.92. The van der Waals surface area contributed by atoms with Crippen molar-refractivity contribution in [2.75, 3.05) is 18.4 Å². The number of carbonyl (C=O) groups is 2. The number of hydrogen-bond donors (Lipinski definition) is 3. The van der Waals surface area contributed by atoms with E-state index in [4.69, 9.17) is 0 Å². The predicted molar refractivity (Wildman–Crippen MR) is 88.5 cm³/mol. The molecule has 0 aliphatic carbocycles. The van der Waals surface area contributed by atoms with Gasteiger partial charge in [0.05, 0.1) is 12.2 Å². The quantitative estimate of drug-likeness (QED) is 0.705. The van der Waals surface area contributed by atoms with Gasteiger partial charge < -0.3 is 10.6 Å². The Kier molecular flexibility index (Phi) is 5.67. The van der Waals surface area contributed by atoms with Gasteiger partial charge in [0.15, 0.2) is 5.82 Å². The number of hydrogen-bond acceptors (Lipinski definition) is 3. The van der Waals surface area contributed by atoms with Gasteiger partial charge in [-0.2, -0.15) is 0 Å². The lowest BCUT2D eigenvalue weighted by Gasteiger charge is -2.07. The van der Waals surface area contributed by atoms with E-state index >= 15 is 0 Å². The zero-order valence-electron chi connectivity index (χ0n) is 13.2. The molecule has 1 aromatic carbocycles. The van der Waals surface area contributed by atoms with E-state index in [0.717, 1.165) is 0 Å². The van der Waals surface area contributed by atoms with Crippen molar-refractivity contribution in [3.05, 3.63) is 54.5 Å². The number of nitrogens with zero attached hydrogens (tertiary/aromatic N) is 2. The van der Waals surface area contributed by atoms with Crippen LogP contribution in [0.3, 0.4) is 0 Å². The van der Waals surface area contributed by atoms with Crippen LogP contribution in [0.4, 0.5) is 15.0 Å². The first kappa shape index (κ1) is 17.2. The van der Waals surface area contributed by atoms with E-state index in [9.17, 15) is 14.0 Å². The third kappa shape index (κ3) is 4.67. The van der Waals surface area contributed by atoms with Gasteiger partial charge in [-0.25, -0.2) is 13.9 Å². The summed E-state index contributed by atoms with van der Waals surface area (Å²) in [5.41, 5.74) is 1.42. The second-order valence-corrected chi connectivity index (χ2v) is 4.98. The van der Waals surface area contributed by atoms with E-state index in [2.05, 4.69) is 27.6 Å². The zero-order valence-corrected chi connectivity index (χ0v) is 13.2. The first-order valence-corrected chi connectivity index (χ1v) is 7.24. The van der Waals surface area contributed by atoms with E-state index in [1.54, 1.807) is 31.3 Å². The van der Waals surface area contributed by atoms with Crippen molar-refractivity contribution in [1.82, 2.24) is 20.4 Å². The fourth-order valence-electron chi connectivity index (χ4n) is 1.97. The number of urea groups is 1. The summed E-state index contributed by atoms with van der Waals surface area (Å²) in [5.74, 6) is -0.337. The summed E-state index contributed by atoms with van der Waals surface area (Å²) >= 11 is 0. The number of aromatic nitrogens is 2. The average molecular weight is 331 g/mol. The van der Waals surface area contributed by atoms with Crippen molar-refractivity contribution in [1.29, 1.82) is 0 Å². The molecule has 0 atom stereocenters. The molecule has 126 valence electrons. The summed E-state index contributed by atoms with van der Waals surface area (Å²) in [7, 11) is 0. The second-order valence-electron chi connectivity index (χ2n) is 4.98. The van der Waals surface area contributed by atoms with Gasteiger partial charge in [-0.05, 0) is 30.7 Å². The molecule has 0 aliphatic heterocycles. The van der Waals surface area contributed by atoms with Crippen molar-refractivity contribution in [2.24, 2.45) is 0 Å². The summed E-state index contributed by atoms with van der Waals surface area (Å²) in [6.45, 7) is 5.42. The van der Waals surface area contributed by atoms with Crippen LogP contribution in [0.25, 0.3) is 5.69 Å². The number of carbonyl (C=O) groups excluding carboxylic acids is 2. The summed E-state index contributed by atoms with van der Waals surface area (Å²) < 4.78 is 14.7. The fourth-order valence-corrected chi connectivity index (χ4v) is 1.97. The summed E-state index contributed by atoms with van der Waals surface area (Å²) in [6, 6.07) is 5.39. The Morgan fingerprint density at radius 3 is 2.83 bits per heavy atom. The summed E-state index contributed by atoms with van der Waals surface area (Å²) in [6.07, 6.45) is 3.19. The van der Waals surface area contributed by atoms with Crippen LogP contribution in [0.1, 0.15) is 5.56 Å². The fraction of sp³-hybridized carbons (Fsp3) is 0.188. The van der Waals surface area contributed by atoms with Gasteiger partial charge in [-0.1, -0.05) is 6.08 Å². The summed E-state index contributed by atoms with van der Waals surface area (Å²) in [5, 5.41) is 11.7. The molecule has 0 unspecified atom stereocenters. The van der Waals surface area contributed by atoms with Gasteiger partial charge in [-0.15, -0.1) is 11.7 Å². The minimum absolute atomic E-state index is 0.155. The maximum atomic E-state index is 13.1. The predicted octanol–water partition coefficient (Wildman–Crippen LogP) is 1.74. The summed E-state index contributed by atoms with van der Waals surface area (Å²) in [4.78, 5) is 23.1. The van der Waals surface area contributed by atoms with Gasteiger partial charge in [0, 0.05) is 18.8 Å². The molecule has 0 saturated heterocycles. The minimum Gasteiger partial charge on any atom is -0.351 e. The van der Waals surface area contributed by atoms with E-state index < -0.39 is 6.03 Å². The Hall–Kier alpha value is -3.16. The highest BCUT2D eigenvalue weighted by Crippen LogP contribution is 2.16. The SMILES string of the molecule is C=CCNC(=O)CNC(=O)Nc1ccn(-c2ccc(F)cc2C)n1. The smallest absolute Gasteiger partial charge is 0.320 e.